The molecule has 3 rings (SSSR count). The number of ether oxygens (including phenoxy) is 3. The Morgan fingerprint density at radius 1 is 1.15 bits per heavy atom. The Balaban J connectivity index is 1.63. The summed E-state index contributed by atoms with van der Waals surface area (Å²) in [4.78, 5) is 14.6. The highest BCUT2D eigenvalue weighted by Crippen LogP contribution is 2.32. The molecule has 0 atom stereocenters. The molecule has 1 aliphatic rings. The van der Waals surface area contributed by atoms with Crippen molar-refractivity contribution in [1.82, 2.24) is 4.90 Å². The molecular formula is C21H26N2O4. The number of hydrogen-bond acceptors (Lipinski definition) is 5. The Morgan fingerprint density at radius 2 is 1.93 bits per heavy atom. The molecule has 2 aromatic rings. The number of nitrogens with zero attached hydrogens (tertiary/aromatic N) is 1. The van der Waals surface area contributed by atoms with Crippen molar-refractivity contribution in [3.05, 3.63) is 47.5 Å². The maximum absolute atomic E-state index is 12.5. The maximum Gasteiger partial charge on any atom is 0.238 e. The highest BCUT2D eigenvalue weighted by molar-refractivity contribution is 5.92. The maximum atomic E-state index is 12.5. The number of carbonyl (C=O) groups excluding carboxylic acids is 1. The Hall–Kier alpha value is -2.73. The molecule has 1 heterocycles. The SMILES string of the molecule is CCN(CC(=O)Nc1ccc2c(c1)OCCO2)Cc1cc(C)ccc1OC. The fourth-order valence-electron chi connectivity index (χ4n) is 3.08. The van der Waals surface area contributed by atoms with E-state index in [1.165, 1.54) is 5.56 Å². The Kier molecular flexibility index (Phi) is 6.19. The van der Waals surface area contributed by atoms with Gasteiger partial charge in [0.05, 0.1) is 13.7 Å². The average Bonchev–Trinajstić information content (AvgIpc) is 2.67. The van der Waals surface area contributed by atoms with Crippen LogP contribution >= 0.6 is 0 Å². The topological polar surface area (TPSA) is 60.0 Å². The molecule has 144 valence electrons. The lowest BCUT2D eigenvalue weighted by Gasteiger charge is -2.22. The Labute approximate surface area is 160 Å². The first kappa shape index (κ1) is 19.0. The van der Waals surface area contributed by atoms with Crippen LogP contribution in [-0.2, 0) is 11.3 Å². The van der Waals surface area contributed by atoms with Crippen molar-refractivity contribution in [3.63, 3.8) is 0 Å². The van der Waals surface area contributed by atoms with Gasteiger partial charge in [0, 0.05) is 23.9 Å². The second-order valence-electron chi connectivity index (χ2n) is 6.53. The number of anilines is 1. The van der Waals surface area contributed by atoms with Crippen LogP contribution in [0.15, 0.2) is 36.4 Å². The largest absolute Gasteiger partial charge is 0.496 e. The van der Waals surface area contributed by atoms with Crippen LogP contribution in [-0.4, -0.2) is 44.2 Å². The first-order valence-corrected chi connectivity index (χ1v) is 9.14. The van der Waals surface area contributed by atoms with E-state index in [9.17, 15) is 4.79 Å². The third-order valence-corrected chi connectivity index (χ3v) is 4.47. The summed E-state index contributed by atoms with van der Waals surface area (Å²) in [7, 11) is 1.67. The van der Waals surface area contributed by atoms with Crippen LogP contribution in [0.5, 0.6) is 17.2 Å². The van der Waals surface area contributed by atoms with Crippen molar-refractivity contribution in [1.29, 1.82) is 0 Å². The molecule has 2 aromatic carbocycles. The summed E-state index contributed by atoms with van der Waals surface area (Å²) in [6.45, 7) is 6.86. The van der Waals surface area contributed by atoms with Crippen molar-refractivity contribution >= 4 is 11.6 Å². The summed E-state index contributed by atoms with van der Waals surface area (Å²) in [5, 5.41) is 2.94. The van der Waals surface area contributed by atoms with E-state index in [-0.39, 0.29) is 5.91 Å². The number of likely N-dealkylation sites (N-methyl/N-ethyl adjacent to an activating group) is 1. The molecule has 0 unspecified atom stereocenters. The zero-order chi connectivity index (χ0) is 19.2. The molecule has 6 heteroatoms. The number of carbonyl (C=O) groups is 1. The number of amides is 1. The van der Waals surface area contributed by atoms with Gasteiger partial charge in [0.2, 0.25) is 5.91 Å². The van der Waals surface area contributed by atoms with Gasteiger partial charge in [0.15, 0.2) is 11.5 Å². The van der Waals surface area contributed by atoms with Gasteiger partial charge in [-0.05, 0) is 31.7 Å². The second-order valence-corrected chi connectivity index (χ2v) is 6.53. The summed E-state index contributed by atoms with van der Waals surface area (Å²) >= 11 is 0. The van der Waals surface area contributed by atoms with E-state index in [1.807, 2.05) is 38.1 Å². The minimum atomic E-state index is -0.0693. The van der Waals surface area contributed by atoms with Crippen LogP contribution in [0.1, 0.15) is 18.1 Å². The van der Waals surface area contributed by atoms with Gasteiger partial charge in [0.25, 0.3) is 0 Å². The zero-order valence-corrected chi connectivity index (χ0v) is 16.1. The molecule has 1 N–H and O–H groups in total. The van der Waals surface area contributed by atoms with E-state index in [0.29, 0.717) is 43.5 Å². The molecule has 1 aliphatic heterocycles. The Bertz CT molecular complexity index is 807. The van der Waals surface area contributed by atoms with Crippen molar-refractivity contribution in [2.75, 3.05) is 38.7 Å². The van der Waals surface area contributed by atoms with Gasteiger partial charge in [-0.2, -0.15) is 0 Å². The van der Waals surface area contributed by atoms with E-state index in [2.05, 4.69) is 16.3 Å². The van der Waals surface area contributed by atoms with Gasteiger partial charge in [-0.3, -0.25) is 9.69 Å². The highest BCUT2D eigenvalue weighted by Gasteiger charge is 2.15. The Morgan fingerprint density at radius 3 is 2.67 bits per heavy atom. The van der Waals surface area contributed by atoms with Gasteiger partial charge in [-0.25, -0.2) is 0 Å². The highest BCUT2D eigenvalue weighted by atomic mass is 16.6. The first-order valence-electron chi connectivity index (χ1n) is 9.14. The van der Waals surface area contributed by atoms with Crippen molar-refractivity contribution in [3.8, 4) is 17.2 Å². The fourth-order valence-corrected chi connectivity index (χ4v) is 3.08. The lowest BCUT2D eigenvalue weighted by atomic mass is 10.1. The second kappa shape index (κ2) is 8.77. The minimum absolute atomic E-state index is 0.0693. The molecule has 0 radical (unpaired) electrons. The molecule has 0 bridgehead atoms. The van der Waals surface area contributed by atoms with Crippen LogP contribution in [0, 0.1) is 6.92 Å². The monoisotopic (exact) mass is 370 g/mol. The van der Waals surface area contributed by atoms with Gasteiger partial charge in [-0.1, -0.05) is 24.6 Å². The van der Waals surface area contributed by atoms with E-state index in [4.69, 9.17) is 14.2 Å². The summed E-state index contributed by atoms with van der Waals surface area (Å²) in [5.41, 5.74) is 2.95. The normalized spacial score (nSPS) is 12.7. The number of methoxy groups -OCH3 is 1. The number of rotatable bonds is 7. The molecule has 0 saturated heterocycles. The van der Waals surface area contributed by atoms with Crippen LogP contribution in [0.2, 0.25) is 0 Å². The third kappa shape index (κ3) is 4.92. The van der Waals surface area contributed by atoms with Gasteiger partial charge in [0.1, 0.15) is 19.0 Å². The van der Waals surface area contributed by atoms with Gasteiger partial charge in [-0.15, -0.1) is 0 Å². The molecule has 1 amide bonds. The number of aryl methyl sites for hydroxylation is 1. The minimum Gasteiger partial charge on any atom is -0.496 e. The van der Waals surface area contributed by atoms with Crippen LogP contribution in [0.25, 0.3) is 0 Å². The standard InChI is InChI=1S/C21H26N2O4/c1-4-23(13-16-11-15(2)5-7-18(16)25-3)14-21(24)22-17-6-8-19-20(12-17)27-10-9-26-19/h5-8,11-12H,4,9-10,13-14H2,1-3H3,(H,22,24). The molecule has 0 saturated carbocycles. The molecule has 0 spiro atoms. The van der Waals surface area contributed by atoms with Crippen LogP contribution in [0.4, 0.5) is 5.69 Å². The number of fused-ring (bicyclic) bond motifs is 1. The van der Waals surface area contributed by atoms with Crippen molar-refractivity contribution in [2.45, 2.75) is 20.4 Å². The predicted octanol–water partition coefficient (Wildman–Crippen LogP) is 3.24. The van der Waals surface area contributed by atoms with E-state index >= 15 is 0 Å². The predicted molar refractivity (Wildman–Crippen MR) is 105 cm³/mol. The van der Waals surface area contributed by atoms with E-state index < -0.39 is 0 Å². The summed E-state index contributed by atoms with van der Waals surface area (Å²) in [5.74, 6) is 2.14. The van der Waals surface area contributed by atoms with E-state index in [0.717, 1.165) is 17.9 Å². The fraction of sp³-hybridized carbons (Fsp3) is 0.381. The summed E-state index contributed by atoms with van der Waals surface area (Å²) < 4.78 is 16.5. The van der Waals surface area contributed by atoms with E-state index in [1.54, 1.807) is 13.2 Å². The number of hydrogen-bond donors (Lipinski definition) is 1. The molecule has 27 heavy (non-hydrogen) atoms. The van der Waals surface area contributed by atoms with Crippen molar-refractivity contribution < 1.29 is 19.0 Å². The van der Waals surface area contributed by atoms with Gasteiger partial charge < -0.3 is 19.5 Å². The molecule has 6 nitrogen and oxygen atoms in total. The lowest BCUT2D eigenvalue weighted by molar-refractivity contribution is -0.117. The number of benzene rings is 2. The summed E-state index contributed by atoms with van der Waals surface area (Å²) in [6, 6.07) is 11.5. The van der Waals surface area contributed by atoms with Crippen LogP contribution in [0.3, 0.4) is 0 Å². The number of nitrogens with one attached hydrogen (secondary N) is 1. The average molecular weight is 370 g/mol. The molecule has 0 aliphatic carbocycles. The summed E-state index contributed by atoms with van der Waals surface area (Å²) in [6.07, 6.45) is 0. The smallest absolute Gasteiger partial charge is 0.238 e. The van der Waals surface area contributed by atoms with Gasteiger partial charge >= 0.3 is 0 Å². The lowest BCUT2D eigenvalue weighted by Crippen LogP contribution is -2.33. The molecular weight excluding hydrogens is 344 g/mol. The molecule has 0 fully saturated rings. The van der Waals surface area contributed by atoms with Crippen LogP contribution < -0.4 is 19.5 Å². The first-order chi connectivity index (χ1) is 13.1. The third-order valence-electron chi connectivity index (χ3n) is 4.47. The zero-order valence-electron chi connectivity index (χ0n) is 16.1. The quantitative estimate of drug-likeness (QED) is 0.811. The van der Waals surface area contributed by atoms with Crippen molar-refractivity contribution in [2.24, 2.45) is 0 Å². The molecule has 0 aromatic heterocycles.